The number of para-hydroxylation sites is 1. The molecule has 12 heteroatoms. The van der Waals surface area contributed by atoms with E-state index in [0.717, 1.165) is 73.2 Å². The molecule has 0 aliphatic heterocycles. The summed E-state index contributed by atoms with van der Waals surface area (Å²) in [5.41, 5.74) is 0.708. The second-order valence-electron chi connectivity index (χ2n) is 10.9. The molecule has 3 N–H and O–H groups in total. The molecule has 0 saturated heterocycles. The van der Waals surface area contributed by atoms with Crippen molar-refractivity contribution in [2.24, 2.45) is 11.8 Å². The summed E-state index contributed by atoms with van der Waals surface area (Å²) >= 11 is 0. The minimum atomic E-state index is -4.83. The Morgan fingerprint density at radius 1 is 0.897 bits per heavy atom. The van der Waals surface area contributed by atoms with Crippen LogP contribution in [0.5, 0.6) is 5.75 Å². The van der Waals surface area contributed by atoms with Crippen LogP contribution in [0.2, 0.25) is 0 Å². The fraction of sp³-hybridized carbons (Fsp3) is 0.481. The Bertz CT molecular complexity index is 1370. The van der Waals surface area contributed by atoms with Gasteiger partial charge in [0, 0.05) is 24.0 Å². The third-order valence-corrected chi connectivity index (χ3v) is 7.98. The van der Waals surface area contributed by atoms with Crippen LogP contribution in [-0.4, -0.2) is 43.4 Å². The van der Waals surface area contributed by atoms with Gasteiger partial charge in [-0.15, -0.1) is 13.2 Å². The standard InChI is InChI=1S/C27H34F3N5O3S/c1-26(2,3)35-24-22-6-4-5-7-23(22)33-25(34-24)31-16-18-8-10-19(11-9-18)17-32-39(36,37)21-14-12-20(13-15-21)38-27(28,29)30/h4-7,12-15,18-19,32H,8-11,16-17H2,1-3H3,(H2,31,33,34,35)/t18-,19-. The van der Waals surface area contributed by atoms with Crippen LogP contribution in [0, 0.1) is 11.8 Å². The van der Waals surface area contributed by atoms with Crippen LogP contribution in [0.3, 0.4) is 0 Å². The van der Waals surface area contributed by atoms with E-state index in [2.05, 4.69) is 45.8 Å². The number of alkyl halides is 3. The van der Waals surface area contributed by atoms with Crippen molar-refractivity contribution in [1.82, 2.24) is 14.7 Å². The van der Waals surface area contributed by atoms with Gasteiger partial charge in [-0.25, -0.2) is 18.1 Å². The summed E-state index contributed by atoms with van der Waals surface area (Å²) in [5, 5.41) is 7.81. The van der Waals surface area contributed by atoms with E-state index in [9.17, 15) is 21.6 Å². The lowest BCUT2D eigenvalue weighted by atomic mass is 9.82. The van der Waals surface area contributed by atoms with Crippen LogP contribution in [0.1, 0.15) is 46.5 Å². The molecular formula is C27H34F3N5O3S. The molecule has 1 fully saturated rings. The molecule has 2 aromatic carbocycles. The summed E-state index contributed by atoms with van der Waals surface area (Å²) in [7, 11) is -3.84. The van der Waals surface area contributed by atoms with Crippen molar-refractivity contribution >= 4 is 32.7 Å². The predicted octanol–water partition coefficient (Wildman–Crippen LogP) is 5.94. The Balaban J connectivity index is 1.27. The second-order valence-corrected chi connectivity index (χ2v) is 12.7. The molecule has 0 spiro atoms. The molecule has 0 radical (unpaired) electrons. The Morgan fingerprint density at radius 3 is 2.13 bits per heavy atom. The first-order valence-corrected chi connectivity index (χ1v) is 14.4. The Kier molecular flexibility index (Phi) is 8.55. The minimum Gasteiger partial charge on any atom is -0.406 e. The lowest BCUT2D eigenvalue weighted by Gasteiger charge is -2.29. The number of hydrogen-bond acceptors (Lipinski definition) is 7. The maximum Gasteiger partial charge on any atom is 0.573 e. The number of hydrogen-bond donors (Lipinski definition) is 3. The summed E-state index contributed by atoms with van der Waals surface area (Å²) in [4.78, 5) is 9.29. The number of anilines is 2. The average molecular weight is 566 g/mol. The quantitative estimate of drug-likeness (QED) is 0.295. The lowest BCUT2D eigenvalue weighted by Crippen LogP contribution is -2.32. The maximum atomic E-state index is 12.6. The maximum absolute atomic E-state index is 12.6. The smallest absolute Gasteiger partial charge is 0.406 e. The van der Waals surface area contributed by atoms with Crippen molar-refractivity contribution in [2.75, 3.05) is 23.7 Å². The number of sulfonamides is 1. The molecule has 8 nitrogen and oxygen atoms in total. The first-order chi connectivity index (χ1) is 18.3. The van der Waals surface area contributed by atoms with E-state index in [1.54, 1.807) is 0 Å². The van der Waals surface area contributed by atoms with Crippen molar-refractivity contribution in [1.29, 1.82) is 0 Å². The average Bonchev–Trinajstić information content (AvgIpc) is 2.85. The summed E-state index contributed by atoms with van der Waals surface area (Å²) in [6.07, 6.45) is -1.24. The van der Waals surface area contributed by atoms with Crippen LogP contribution in [-0.2, 0) is 10.0 Å². The molecule has 1 aliphatic rings. The van der Waals surface area contributed by atoms with Gasteiger partial charge >= 0.3 is 6.36 Å². The highest BCUT2D eigenvalue weighted by atomic mass is 32.2. The first kappa shape index (κ1) is 28.9. The monoisotopic (exact) mass is 565 g/mol. The summed E-state index contributed by atoms with van der Waals surface area (Å²) in [5.74, 6) is 1.48. The molecule has 1 aliphatic carbocycles. The fourth-order valence-electron chi connectivity index (χ4n) is 4.61. The largest absolute Gasteiger partial charge is 0.573 e. The van der Waals surface area contributed by atoms with Crippen molar-refractivity contribution in [3.8, 4) is 5.75 Å². The number of ether oxygens (including phenoxy) is 1. The molecule has 4 rings (SSSR count). The summed E-state index contributed by atoms with van der Waals surface area (Å²) in [6, 6.07) is 12.1. The van der Waals surface area contributed by atoms with Gasteiger partial charge in [0.1, 0.15) is 11.6 Å². The van der Waals surface area contributed by atoms with Gasteiger partial charge in [-0.2, -0.15) is 4.98 Å². The zero-order chi connectivity index (χ0) is 28.3. The number of aromatic nitrogens is 2. The molecular weight excluding hydrogens is 531 g/mol. The van der Waals surface area contributed by atoms with E-state index in [1.165, 1.54) is 0 Å². The van der Waals surface area contributed by atoms with Crippen molar-refractivity contribution in [3.05, 3.63) is 48.5 Å². The van der Waals surface area contributed by atoms with E-state index >= 15 is 0 Å². The highest BCUT2D eigenvalue weighted by molar-refractivity contribution is 7.89. The summed E-state index contributed by atoms with van der Waals surface area (Å²) < 4.78 is 68.6. The van der Waals surface area contributed by atoms with Crippen LogP contribution in [0.25, 0.3) is 10.9 Å². The van der Waals surface area contributed by atoms with Gasteiger partial charge in [0.25, 0.3) is 0 Å². The number of fused-ring (bicyclic) bond motifs is 1. The van der Waals surface area contributed by atoms with Gasteiger partial charge < -0.3 is 15.4 Å². The highest BCUT2D eigenvalue weighted by Crippen LogP contribution is 2.30. The van der Waals surface area contributed by atoms with Gasteiger partial charge in [-0.05, 0) is 94.7 Å². The van der Waals surface area contributed by atoms with Crippen LogP contribution < -0.4 is 20.1 Å². The molecule has 0 amide bonds. The van der Waals surface area contributed by atoms with Gasteiger partial charge in [-0.3, -0.25) is 0 Å². The van der Waals surface area contributed by atoms with E-state index in [-0.39, 0.29) is 22.9 Å². The van der Waals surface area contributed by atoms with Gasteiger partial charge in [-0.1, -0.05) is 12.1 Å². The second kappa shape index (κ2) is 11.5. The summed E-state index contributed by atoms with van der Waals surface area (Å²) in [6.45, 7) is 7.24. The molecule has 1 aromatic heterocycles. The van der Waals surface area contributed by atoms with Gasteiger partial charge in [0.15, 0.2) is 0 Å². The predicted molar refractivity (Wildman–Crippen MR) is 145 cm³/mol. The first-order valence-electron chi connectivity index (χ1n) is 12.9. The van der Waals surface area contributed by atoms with Gasteiger partial charge in [0.2, 0.25) is 16.0 Å². The molecule has 0 bridgehead atoms. The third kappa shape index (κ3) is 8.43. The molecule has 212 valence electrons. The van der Waals surface area contributed by atoms with E-state index < -0.39 is 22.1 Å². The molecule has 0 atom stereocenters. The molecule has 1 heterocycles. The Hall–Kier alpha value is -3.12. The number of rotatable bonds is 9. The molecule has 1 saturated carbocycles. The van der Waals surface area contributed by atoms with E-state index in [1.807, 2.05) is 24.3 Å². The molecule has 0 unspecified atom stereocenters. The highest BCUT2D eigenvalue weighted by Gasteiger charge is 2.31. The van der Waals surface area contributed by atoms with E-state index in [0.29, 0.717) is 11.9 Å². The third-order valence-electron chi connectivity index (χ3n) is 6.54. The molecule has 3 aromatic rings. The molecule has 39 heavy (non-hydrogen) atoms. The van der Waals surface area contributed by atoms with Crippen molar-refractivity contribution in [2.45, 2.75) is 63.3 Å². The number of halogens is 3. The van der Waals surface area contributed by atoms with Crippen LogP contribution in [0.15, 0.2) is 53.4 Å². The van der Waals surface area contributed by atoms with Crippen LogP contribution >= 0.6 is 0 Å². The minimum absolute atomic E-state index is 0.106. The SMILES string of the molecule is CC(C)(C)Nc1nc(NC[C@H]2CC[C@H](CNS(=O)(=O)c3ccc(OC(F)(F)F)cc3)CC2)nc2ccccc12. The van der Waals surface area contributed by atoms with Gasteiger partial charge in [0.05, 0.1) is 10.4 Å². The number of nitrogens with one attached hydrogen (secondary N) is 3. The number of benzene rings is 2. The topological polar surface area (TPSA) is 105 Å². The lowest BCUT2D eigenvalue weighted by molar-refractivity contribution is -0.274. The zero-order valence-corrected chi connectivity index (χ0v) is 23.0. The van der Waals surface area contributed by atoms with Crippen molar-refractivity contribution in [3.63, 3.8) is 0 Å². The Morgan fingerprint density at radius 2 is 1.51 bits per heavy atom. The van der Waals surface area contributed by atoms with E-state index in [4.69, 9.17) is 4.98 Å². The zero-order valence-electron chi connectivity index (χ0n) is 22.2. The van der Waals surface area contributed by atoms with Crippen LogP contribution in [0.4, 0.5) is 24.9 Å². The fourth-order valence-corrected chi connectivity index (χ4v) is 5.73. The number of nitrogens with zero attached hydrogens (tertiary/aromatic N) is 2. The Labute approximate surface area is 226 Å². The van der Waals surface area contributed by atoms with Crippen molar-refractivity contribution < 1.29 is 26.3 Å². The normalized spacial score (nSPS) is 18.6.